The molecular weight excluding hydrogens is 441 g/mol. The van der Waals surface area contributed by atoms with Gasteiger partial charge in [-0.25, -0.2) is 9.37 Å². The van der Waals surface area contributed by atoms with Gasteiger partial charge in [0.15, 0.2) is 0 Å². The minimum Gasteiger partial charge on any atom is -0.474 e. The molecule has 1 amide bonds. The van der Waals surface area contributed by atoms with Crippen LogP contribution in [-0.4, -0.2) is 49.3 Å². The van der Waals surface area contributed by atoms with Gasteiger partial charge in [-0.3, -0.25) is 14.0 Å². The largest absolute Gasteiger partial charge is 0.474 e. The second kappa shape index (κ2) is 7.11. The van der Waals surface area contributed by atoms with Crippen LogP contribution in [-0.2, 0) is 10.2 Å². The van der Waals surface area contributed by atoms with Crippen molar-refractivity contribution in [3.8, 4) is 5.88 Å². The second-order valence-electron chi connectivity index (χ2n) is 10.2. The number of nitrogens with zero attached hydrogens (tertiary/aromatic N) is 4. The molecular formula is C24H26FN5O4. The fourth-order valence-electron chi connectivity index (χ4n) is 5.28. The predicted octanol–water partition coefficient (Wildman–Crippen LogP) is 3.03. The summed E-state index contributed by atoms with van der Waals surface area (Å²) in [5.74, 6) is 0.0289. The summed E-state index contributed by atoms with van der Waals surface area (Å²) in [5.41, 5.74) is 0.498. The molecule has 1 N–H and O–H groups in total. The Morgan fingerprint density at radius 3 is 2.74 bits per heavy atom. The molecule has 2 saturated carbocycles. The van der Waals surface area contributed by atoms with Gasteiger partial charge in [-0.05, 0) is 45.7 Å². The Hall–Kier alpha value is -3.27. The summed E-state index contributed by atoms with van der Waals surface area (Å²) < 4.78 is 28.3. The molecule has 0 spiro atoms. The van der Waals surface area contributed by atoms with Gasteiger partial charge in [-0.15, -0.1) is 0 Å². The Morgan fingerprint density at radius 2 is 2.09 bits per heavy atom. The number of rotatable bonds is 6. The number of imidazole rings is 1. The molecule has 7 rings (SSSR count). The molecule has 34 heavy (non-hydrogen) atoms. The molecule has 4 fully saturated rings. The topological polar surface area (TPSA) is 99.8 Å². The zero-order valence-corrected chi connectivity index (χ0v) is 19.2. The SMILES string of the molecule is CC(C)Oc1nc2nc(C34COC(C)(C3)C4)cn2cc1C(=O)Nc1cccn([C@H]2C[C@@H]2F)c1=O. The van der Waals surface area contributed by atoms with Gasteiger partial charge < -0.3 is 19.4 Å². The van der Waals surface area contributed by atoms with E-state index in [1.54, 1.807) is 16.7 Å². The highest BCUT2D eigenvalue weighted by molar-refractivity contribution is 6.05. The number of hydrogen-bond donors (Lipinski definition) is 1. The summed E-state index contributed by atoms with van der Waals surface area (Å²) in [6, 6.07) is 2.65. The molecule has 5 heterocycles. The highest BCUT2D eigenvalue weighted by atomic mass is 19.1. The first-order chi connectivity index (χ1) is 16.2. The van der Waals surface area contributed by atoms with Crippen molar-refractivity contribution in [2.75, 3.05) is 11.9 Å². The zero-order chi connectivity index (χ0) is 23.8. The summed E-state index contributed by atoms with van der Waals surface area (Å²) in [4.78, 5) is 35.2. The van der Waals surface area contributed by atoms with Crippen molar-refractivity contribution in [2.45, 2.75) is 69.4 Å². The fourth-order valence-corrected chi connectivity index (χ4v) is 5.28. The van der Waals surface area contributed by atoms with Crippen LogP contribution in [0, 0.1) is 0 Å². The van der Waals surface area contributed by atoms with E-state index >= 15 is 0 Å². The smallest absolute Gasteiger partial charge is 0.274 e. The molecule has 3 aromatic heterocycles. The van der Waals surface area contributed by atoms with Crippen LogP contribution in [0.25, 0.3) is 5.78 Å². The molecule has 4 aliphatic rings. The summed E-state index contributed by atoms with van der Waals surface area (Å²) in [7, 11) is 0. The Kier molecular flexibility index (Phi) is 4.45. The zero-order valence-electron chi connectivity index (χ0n) is 19.2. The third-order valence-electron chi connectivity index (χ3n) is 6.93. The van der Waals surface area contributed by atoms with E-state index in [4.69, 9.17) is 14.5 Å². The Balaban J connectivity index is 1.35. The van der Waals surface area contributed by atoms with Crippen LogP contribution in [0.3, 0.4) is 0 Å². The molecule has 0 unspecified atom stereocenters. The van der Waals surface area contributed by atoms with E-state index in [1.165, 1.54) is 16.8 Å². The third kappa shape index (κ3) is 3.31. The Labute approximate surface area is 194 Å². The molecule has 2 saturated heterocycles. The Morgan fingerprint density at radius 1 is 1.32 bits per heavy atom. The molecule has 0 radical (unpaired) electrons. The number of carbonyl (C=O) groups is 1. The van der Waals surface area contributed by atoms with E-state index in [1.807, 2.05) is 20.0 Å². The van der Waals surface area contributed by atoms with Crippen LogP contribution in [0.4, 0.5) is 10.1 Å². The fraction of sp³-hybridized carbons (Fsp3) is 0.500. The van der Waals surface area contributed by atoms with Gasteiger partial charge in [0, 0.05) is 30.4 Å². The highest BCUT2D eigenvalue weighted by Gasteiger charge is 2.61. The van der Waals surface area contributed by atoms with Gasteiger partial charge in [0.2, 0.25) is 11.7 Å². The van der Waals surface area contributed by atoms with E-state index in [2.05, 4.69) is 17.2 Å². The van der Waals surface area contributed by atoms with Crippen molar-refractivity contribution in [3.63, 3.8) is 0 Å². The van der Waals surface area contributed by atoms with Crippen molar-refractivity contribution >= 4 is 17.4 Å². The molecule has 2 aliphatic heterocycles. The summed E-state index contributed by atoms with van der Waals surface area (Å²) in [6.45, 7) is 6.41. The van der Waals surface area contributed by atoms with Gasteiger partial charge in [0.25, 0.3) is 11.5 Å². The first-order valence-corrected chi connectivity index (χ1v) is 11.5. The van der Waals surface area contributed by atoms with Crippen LogP contribution in [0.5, 0.6) is 5.88 Å². The number of pyridine rings is 1. The first kappa shape index (κ1) is 21.3. The quantitative estimate of drug-likeness (QED) is 0.598. The third-order valence-corrected chi connectivity index (χ3v) is 6.93. The predicted molar refractivity (Wildman–Crippen MR) is 121 cm³/mol. The van der Waals surface area contributed by atoms with Gasteiger partial charge in [-0.2, -0.15) is 4.98 Å². The molecule has 9 nitrogen and oxygen atoms in total. The van der Waals surface area contributed by atoms with Crippen LogP contribution >= 0.6 is 0 Å². The summed E-state index contributed by atoms with van der Waals surface area (Å²) >= 11 is 0. The summed E-state index contributed by atoms with van der Waals surface area (Å²) in [6.07, 6.45) is 5.91. The lowest BCUT2D eigenvalue weighted by Crippen LogP contribution is -2.45. The van der Waals surface area contributed by atoms with Crippen LogP contribution < -0.4 is 15.6 Å². The van der Waals surface area contributed by atoms with E-state index in [9.17, 15) is 14.0 Å². The molecule has 10 heteroatoms. The average Bonchev–Trinajstić information content (AvgIpc) is 3.08. The lowest BCUT2D eigenvalue weighted by Gasteiger charge is -2.41. The lowest BCUT2D eigenvalue weighted by molar-refractivity contribution is 0.0154. The van der Waals surface area contributed by atoms with Gasteiger partial charge in [0.05, 0.1) is 30.0 Å². The van der Waals surface area contributed by atoms with E-state index in [0.29, 0.717) is 18.8 Å². The maximum Gasteiger partial charge on any atom is 0.274 e. The van der Waals surface area contributed by atoms with Crippen LogP contribution in [0.15, 0.2) is 35.5 Å². The van der Waals surface area contributed by atoms with E-state index < -0.39 is 23.7 Å². The minimum atomic E-state index is -1.03. The van der Waals surface area contributed by atoms with Gasteiger partial charge >= 0.3 is 0 Å². The van der Waals surface area contributed by atoms with Crippen LogP contribution in [0.2, 0.25) is 0 Å². The number of hydrogen-bond acceptors (Lipinski definition) is 6. The first-order valence-electron chi connectivity index (χ1n) is 11.5. The van der Waals surface area contributed by atoms with Gasteiger partial charge in [-0.1, -0.05) is 0 Å². The number of anilines is 1. The lowest BCUT2D eigenvalue weighted by atomic mass is 9.62. The number of nitrogens with one attached hydrogen (secondary N) is 1. The van der Waals surface area contributed by atoms with Crippen molar-refractivity contribution in [3.05, 3.63) is 52.3 Å². The van der Waals surface area contributed by atoms with Crippen molar-refractivity contribution in [2.24, 2.45) is 0 Å². The number of amides is 1. The molecule has 2 aliphatic carbocycles. The van der Waals surface area contributed by atoms with Crippen molar-refractivity contribution < 1.29 is 18.7 Å². The second-order valence-corrected chi connectivity index (χ2v) is 10.2. The van der Waals surface area contributed by atoms with Crippen molar-refractivity contribution in [1.29, 1.82) is 0 Å². The standard InChI is InChI=1S/C24H26FN5O4/c1-13(2)34-20-14(19(31)26-16-5-4-6-30(21(16)32)17-7-15(17)25)8-29-9-18(27-22(29)28-20)24-10-23(3,11-24)33-12-24/h4-6,8-9,13,15,17H,7,10-12H2,1-3H3,(H,26,31)/t15-,17-,23?,24?/m0/s1. The molecule has 2 atom stereocenters. The highest BCUT2D eigenvalue weighted by Crippen LogP contribution is 2.58. The number of alkyl halides is 1. The number of ether oxygens (including phenoxy) is 2. The van der Waals surface area contributed by atoms with Crippen molar-refractivity contribution in [1.82, 2.24) is 18.9 Å². The van der Waals surface area contributed by atoms with Gasteiger partial charge in [0.1, 0.15) is 17.4 Å². The normalized spacial score (nSPS) is 29.3. The maximum atomic E-state index is 13.5. The maximum absolute atomic E-state index is 13.5. The molecule has 0 aromatic carbocycles. The number of carbonyl (C=O) groups excluding carboxylic acids is 1. The Bertz CT molecular complexity index is 1370. The monoisotopic (exact) mass is 467 g/mol. The molecule has 178 valence electrons. The summed E-state index contributed by atoms with van der Waals surface area (Å²) in [5, 5.41) is 2.66. The molecule has 3 aromatic rings. The van der Waals surface area contributed by atoms with E-state index in [0.717, 1.165) is 18.5 Å². The molecule has 2 bridgehead atoms. The number of halogens is 1. The van der Waals surface area contributed by atoms with Crippen LogP contribution in [0.1, 0.15) is 62.1 Å². The number of aromatic nitrogens is 4. The average molecular weight is 468 g/mol. The van der Waals surface area contributed by atoms with E-state index in [-0.39, 0.29) is 34.3 Å². The number of fused-ring (bicyclic) bond motifs is 2. The minimum absolute atomic E-state index is 0.0734.